The molecule has 0 spiro atoms. The van der Waals surface area contributed by atoms with E-state index < -0.39 is 0 Å². The van der Waals surface area contributed by atoms with Gasteiger partial charge in [-0.25, -0.2) is 9.48 Å². The lowest BCUT2D eigenvalue weighted by atomic mass is 9.94. The first-order valence-electron chi connectivity index (χ1n) is 8.91. The van der Waals surface area contributed by atoms with Crippen molar-refractivity contribution in [2.45, 2.75) is 39.3 Å². The van der Waals surface area contributed by atoms with E-state index in [1.165, 1.54) is 9.58 Å². The molecule has 2 aromatic heterocycles. The first-order chi connectivity index (χ1) is 12.5. The molecule has 1 aliphatic heterocycles. The minimum absolute atomic E-state index is 0. The Morgan fingerprint density at radius 1 is 1.29 bits per heavy atom. The normalized spacial score (nSPS) is 14.2. The van der Waals surface area contributed by atoms with Crippen molar-refractivity contribution in [3.63, 3.8) is 0 Å². The summed E-state index contributed by atoms with van der Waals surface area (Å²) >= 11 is 0. The first kappa shape index (κ1) is 24.1. The lowest BCUT2D eigenvalue weighted by molar-refractivity contribution is 0.0779. The van der Waals surface area contributed by atoms with Crippen molar-refractivity contribution < 1.29 is 9.32 Å². The summed E-state index contributed by atoms with van der Waals surface area (Å²) in [7, 11) is 3.21. The van der Waals surface area contributed by atoms with Crippen LogP contribution in [-0.4, -0.2) is 62.5 Å². The van der Waals surface area contributed by atoms with E-state index in [0.717, 1.165) is 38.2 Å². The summed E-state index contributed by atoms with van der Waals surface area (Å²) in [6.07, 6.45) is 2.96. The Hall–Kier alpha value is -1.91. The SMILES string of the molecule is CCn1c(CC2CCNCC2)nn(Cc2noc(C(=O)N(C)C)n2)c1=O.Cl.Cl. The van der Waals surface area contributed by atoms with Crippen LogP contribution in [0.15, 0.2) is 9.32 Å². The van der Waals surface area contributed by atoms with E-state index in [0.29, 0.717) is 12.5 Å². The fourth-order valence-electron chi connectivity index (χ4n) is 3.13. The minimum Gasteiger partial charge on any atom is -0.341 e. The molecule has 12 heteroatoms. The number of piperidine rings is 1. The van der Waals surface area contributed by atoms with Crippen molar-refractivity contribution in [3.05, 3.63) is 28.0 Å². The molecule has 0 aromatic carbocycles. The number of aromatic nitrogens is 5. The Labute approximate surface area is 175 Å². The van der Waals surface area contributed by atoms with Crippen molar-refractivity contribution in [2.75, 3.05) is 27.2 Å². The van der Waals surface area contributed by atoms with Gasteiger partial charge in [0.2, 0.25) is 0 Å². The Kier molecular flexibility index (Phi) is 9.12. The summed E-state index contributed by atoms with van der Waals surface area (Å²) in [6, 6.07) is 0. The van der Waals surface area contributed by atoms with Gasteiger partial charge >= 0.3 is 17.5 Å². The van der Waals surface area contributed by atoms with Gasteiger partial charge in [-0.3, -0.25) is 9.36 Å². The van der Waals surface area contributed by atoms with E-state index in [9.17, 15) is 9.59 Å². The second kappa shape index (κ2) is 10.6. The van der Waals surface area contributed by atoms with Gasteiger partial charge in [0.1, 0.15) is 12.4 Å². The molecule has 1 saturated heterocycles. The van der Waals surface area contributed by atoms with E-state index in [2.05, 4.69) is 20.6 Å². The van der Waals surface area contributed by atoms with Gasteiger partial charge in [-0.1, -0.05) is 5.16 Å². The predicted molar refractivity (Wildman–Crippen MR) is 107 cm³/mol. The van der Waals surface area contributed by atoms with Crippen LogP contribution >= 0.6 is 24.8 Å². The molecule has 0 radical (unpaired) electrons. The van der Waals surface area contributed by atoms with E-state index in [4.69, 9.17) is 4.52 Å². The number of carbonyl (C=O) groups excluding carboxylic acids is 1. The van der Waals surface area contributed by atoms with E-state index >= 15 is 0 Å². The zero-order valence-corrected chi connectivity index (χ0v) is 17.9. The van der Waals surface area contributed by atoms with E-state index in [-0.39, 0.29) is 54.7 Å². The summed E-state index contributed by atoms with van der Waals surface area (Å²) in [5, 5.41) is 11.6. The number of carbonyl (C=O) groups is 1. The molecule has 0 bridgehead atoms. The van der Waals surface area contributed by atoms with Crippen molar-refractivity contribution in [3.8, 4) is 0 Å². The summed E-state index contributed by atoms with van der Waals surface area (Å²) in [5.74, 6) is 1.11. The summed E-state index contributed by atoms with van der Waals surface area (Å²) in [4.78, 5) is 29.9. The fourth-order valence-corrected chi connectivity index (χ4v) is 3.13. The average Bonchev–Trinajstić information content (AvgIpc) is 3.20. The fraction of sp³-hybridized carbons (Fsp3) is 0.688. The molecule has 0 saturated carbocycles. The van der Waals surface area contributed by atoms with Crippen molar-refractivity contribution >= 4 is 30.7 Å². The summed E-state index contributed by atoms with van der Waals surface area (Å²) in [6.45, 7) is 4.59. The number of nitrogens with zero attached hydrogens (tertiary/aromatic N) is 6. The van der Waals surface area contributed by atoms with Gasteiger partial charge in [0.15, 0.2) is 5.82 Å². The molecule has 0 atom stereocenters. The molecule has 1 fully saturated rings. The third-order valence-corrected chi connectivity index (χ3v) is 4.59. The summed E-state index contributed by atoms with van der Waals surface area (Å²) in [5.41, 5.74) is -0.193. The van der Waals surface area contributed by atoms with Crippen LogP contribution in [0.4, 0.5) is 0 Å². The molecular formula is C16H27Cl2N7O3. The van der Waals surface area contributed by atoms with Gasteiger partial charge in [0, 0.05) is 27.1 Å². The van der Waals surface area contributed by atoms with Crippen molar-refractivity contribution in [2.24, 2.45) is 5.92 Å². The monoisotopic (exact) mass is 435 g/mol. The van der Waals surface area contributed by atoms with Crippen LogP contribution in [-0.2, 0) is 19.5 Å². The number of nitrogens with one attached hydrogen (secondary N) is 1. The molecule has 1 N–H and O–H groups in total. The lowest BCUT2D eigenvalue weighted by Crippen LogP contribution is -2.30. The second-order valence-corrected chi connectivity index (χ2v) is 6.71. The van der Waals surface area contributed by atoms with Crippen LogP contribution in [0.2, 0.25) is 0 Å². The quantitative estimate of drug-likeness (QED) is 0.705. The highest BCUT2D eigenvalue weighted by molar-refractivity contribution is 5.89. The molecule has 158 valence electrons. The molecule has 2 aromatic rings. The molecule has 0 unspecified atom stereocenters. The van der Waals surface area contributed by atoms with Gasteiger partial charge in [-0.2, -0.15) is 10.1 Å². The maximum Gasteiger partial charge on any atom is 0.346 e. The molecule has 1 amide bonds. The average molecular weight is 436 g/mol. The Bertz CT molecular complexity index is 825. The number of halogens is 2. The number of hydrogen-bond acceptors (Lipinski definition) is 7. The molecule has 28 heavy (non-hydrogen) atoms. The van der Waals surface area contributed by atoms with Crippen LogP contribution in [0.25, 0.3) is 0 Å². The number of rotatable bonds is 6. The third-order valence-electron chi connectivity index (χ3n) is 4.59. The van der Waals surface area contributed by atoms with Crippen LogP contribution in [0, 0.1) is 5.92 Å². The van der Waals surface area contributed by atoms with Crippen LogP contribution < -0.4 is 11.0 Å². The maximum absolute atomic E-state index is 12.6. The lowest BCUT2D eigenvalue weighted by Gasteiger charge is -2.21. The van der Waals surface area contributed by atoms with Crippen LogP contribution in [0.3, 0.4) is 0 Å². The van der Waals surface area contributed by atoms with Gasteiger partial charge in [0.25, 0.3) is 0 Å². The zero-order chi connectivity index (χ0) is 18.7. The minimum atomic E-state index is -0.373. The smallest absolute Gasteiger partial charge is 0.341 e. The molecule has 10 nitrogen and oxygen atoms in total. The van der Waals surface area contributed by atoms with Gasteiger partial charge < -0.3 is 14.7 Å². The van der Waals surface area contributed by atoms with E-state index in [1.54, 1.807) is 18.7 Å². The molecule has 3 rings (SSSR count). The standard InChI is InChI=1S/C16H25N7O3.2ClH/c1-4-22-13(9-11-5-7-17-8-6-11)19-23(16(22)25)10-12-18-14(26-20-12)15(24)21(2)3;;/h11,17H,4-10H2,1-3H3;2*1H. The zero-order valence-electron chi connectivity index (χ0n) is 16.3. The number of hydrogen-bond donors (Lipinski definition) is 1. The van der Waals surface area contributed by atoms with Crippen molar-refractivity contribution in [1.82, 2.24) is 34.7 Å². The molecular weight excluding hydrogens is 409 g/mol. The maximum atomic E-state index is 12.6. The predicted octanol–water partition coefficient (Wildman–Crippen LogP) is 0.583. The van der Waals surface area contributed by atoms with Crippen LogP contribution in [0.1, 0.15) is 42.1 Å². The van der Waals surface area contributed by atoms with Gasteiger partial charge in [-0.05, 0) is 38.8 Å². The van der Waals surface area contributed by atoms with Crippen LogP contribution in [0.5, 0.6) is 0 Å². The Balaban J connectivity index is 0.00000196. The van der Waals surface area contributed by atoms with E-state index in [1.807, 2.05) is 6.92 Å². The summed E-state index contributed by atoms with van der Waals surface area (Å²) < 4.78 is 8.01. The first-order valence-corrected chi connectivity index (χ1v) is 8.91. The van der Waals surface area contributed by atoms with Crippen molar-refractivity contribution in [1.29, 1.82) is 0 Å². The topological polar surface area (TPSA) is 111 Å². The molecule has 3 heterocycles. The van der Waals surface area contributed by atoms with Gasteiger partial charge in [-0.15, -0.1) is 24.8 Å². The molecule has 1 aliphatic rings. The molecule has 0 aliphatic carbocycles. The third kappa shape index (κ3) is 5.33. The highest BCUT2D eigenvalue weighted by Gasteiger charge is 2.21. The highest BCUT2D eigenvalue weighted by Crippen LogP contribution is 2.16. The second-order valence-electron chi connectivity index (χ2n) is 6.71. The Morgan fingerprint density at radius 2 is 1.96 bits per heavy atom. The Morgan fingerprint density at radius 3 is 2.57 bits per heavy atom. The number of amides is 1. The highest BCUT2D eigenvalue weighted by atomic mass is 35.5. The van der Waals surface area contributed by atoms with Gasteiger partial charge in [0.05, 0.1) is 0 Å². The largest absolute Gasteiger partial charge is 0.346 e.